The van der Waals surface area contributed by atoms with E-state index in [-0.39, 0.29) is 17.5 Å². The molecule has 6 bridgehead atoms. The molecule has 0 heterocycles. The minimum atomic E-state index is -0.733. The van der Waals surface area contributed by atoms with Crippen molar-refractivity contribution in [2.24, 2.45) is 46.3 Å². The molecule has 6 aliphatic rings. The predicted octanol–water partition coefficient (Wildman–Crippen LogP) is 7.26. The zero-order valence-corrected chi connectivity index (χ0v) is 23.1. The third-order valence-electron chi connectivity index (χ3n) is 11.2. The number of rotatable bonds is 8. The summed E-state index contributed by atoms with van der Waals surface area (Å²) in [5, 5.41) is 0. The fourth-order valence-electron chi connectivity index (χ4n) is 9.89. The van der Waals surface area contributed by atoms with Crippen LogP contribution in [0.4, 0.5) is 0 Å². The second kappa shape index (κ2) is 8.35. The van der Waals surface area contributed by atoms with Gasteiger partial charge in [-0.2, -0.15) is 0 Å². The van der Waals surface area contributed by atoms with Gasteiger partial charge in [0.15, 0.2) is 0 Å². The highest BCUT2D eigenvalue weighted by molar-refractivity contribution is 5.87. The number of fused-ring (bicyclic) bond motifs is 2. The Kier molecular flexibility index (Phi) is 6.04. The fourth-order valence-corrected chi connectivity index (χ4v) is 9.89. The Labute approximate surface area is 213 Å². The minimum absolute atomic E-state index is 0.0797. The van der Waals surface area contributed by atoms with Crippen molar-refractivity contribution in [3.05, 3.63) is 12.2 Å². The van der Waals surface area contributed by atoms with Crippen molar-refractivity contribution in [3.63, 3.8) is 0 Å². The van der Waals surface area contributed by atoms with E-state index in [1.54, 1.807) is 6.92 Å². The van der Waals surface area contributed by atoms with E-state index in [0.717, 1.165) is 17.8 Å². The Balaban J connectivity index is 1.42. The summed E-state index contributed by atoms with van der Waals surface area (Å²) in [6, 6.07) is 0. The number of ether oxygens (including phenoxy) is 2. The van der Waals surface area contributed by atoms with Crippen molar-refractivity contribution in [3.8, 4) is 0 Å². The van der Waals surface area contributed by atoms with E-state index in [2.05, 4.69) is 13.5 Å². The van der Waals surface area contributed by atoms with Crippen molar-refractivity contribution in [2.45, 2.75) is 123 Å². The van der Waals surface area contributed by atoms with E-state index in [1.807, 2.05) is 27.7 Å². The molecule has 4 heteroatoms. The molecule has 6 aliphatic carbocycles. The summed E-state index contributed by atoms with van der Waals surface area (Å²) in [5.41, 5.74) is -0.903. The molecule has 196 valence electrons. The van der Waals surface area contributed by atoms with Gasteiger partial charge in [0.05, 0.1) is 5.41 Å². The van der Waals surface area contributed by atoms with Gasteiger partial charge < -0.3 is 9.47 Å². The molecule has 6 rings (SSSR count). The molecule has 0 amide bonds. The summed E-state index contributed by atoms with van der Waals surface area (Å²) < 4.78 is 12.9. The quantitative estimate of drug-likeness (QED) is 0.269. The van der Waals surface area contributed by atoms with Crippen LogP contribution in [0.2, 0.25) is 0 Å². The van der Waals surface area contributed by atoms with Crippen LogP contribution in [0.3, 0.4) is 0 Å². The normalized spacial score (nSPS) is 43.1. The lowest BCUT2D eigenvalue weighted by molar-refractivity contribution is -0.254. The first kappa shape index (κ1) is 25.3. The number of carbonyl (C=O) groups excluding carboxylic acids is 2. The minimum Gasteiger partial charge on any atom is -0.458 e. The van der Waals surface area contributed by atoms with E-state index in [9.17, 15) is 9.59 Å². The van der Waals surface area contributed by atoms with Gasteiger partial charge in [-0.05, 0) is 109 Å². The summed E-state index contributed by atoms with van der Waals surface area (Å²) >= 11 is 0. The van der Waals surface area contributed by atoms with Gasteiger partial charge in [0.1, 0.15) is 11.2 Å². The average molecular weight is 485 g/mol. The molecule has 0 aromatic carbocycles. The highest BCUT2D eigenvalue weighted by Crippen LogP contribution is 2.70. The average Bonchev–Trinajstić information content (AvgIpc) is 3.38. The van der Waals surface area contributed by atoms with Crippen molar-refractivity contribution < 1.29 is 19.1 Å². The van der Waals surface area contributed by atoms with E-state index < -0.39 is 11.0 Å². The second-order valence-electron chi connectivity index (χ2n) is 14.7. The first-order valence-electron chi connectivity index (χ1n) is 14.4. The van der Waals surface area contributed by atoms with Crippen LogP contribution in [0.5, 0.6) is 0 Å². The maximum absolute atomic E-state index is 14.1. The van der Waals surface area contributed by atoms with Crippen LogP contribution in [-0.4, -0.2) is 23.1 Å². The predicted molar refractivity (Wildman–Crippen MR) is 137 cm³/mol. The standard InChI is InChI=1S/C31H48O4/c1-8-30(7,34-26(32)19(2)3)18-28(4,5)27(33)35-31(25-14-20-9-10-22(25)11-20)23-12-21-13-24(31)17-29(6,15-21)16-23/h20-25H,2,8-18H2,1,3-7H3. The zero-order valence-electron chi connectivity index (χ0n) is 23.1. The van der Waals surface area contributed by atoms with Gasteiger partial charge in [0.2, 0.25) is 0 Å². The second-order valence-corrected chi connectivity index (χ2v) is 14.7. The number of hydrogen-bond acceptors (Lipinski definition) is 4. The topological polar surface area (TPSA) is 52.6 Å². The number of carbonyl (C=O) groups is 2. The van der Waals surface area contributed by atoms with Crippen molar-refractivity contribution in [1.29, 1.82) is 0 Å². The van der Waals surface area contributed by atoms with Gasteiger partial charge in [-0.25, -0.2) is 4.79 Å². The van der Waals surface area contributed by atoms with Crippen LogP contribution in [0, 0.1) is 46.3 Å². The summed E-state index contributed by atoms with van der Waals surface area (Å²) in [4.78, 5) is 26.5. The van der Waals surface area contributed by atoms with Gasteiger partial charge in [0.25, 0.3) is 0 Å². The largest absolute Gasteiger partial charge is 0.458 e. The van der Waals surface area contributed by atoms with Crippen LogP contribution in [-0.2, 0) is 19.1 Å². The van der Waals surface area contributed by atoms with Crippen LogP contribution in [0.1, 0.15) is 112 Å². The van der Waals surface area contributed by atoms with E-state index >= 15 is 0 Å². The third-order valence-corrected chi connectivity index (χ3v) is 11.2. The SMILES string of the molecule is C=C(C)C(=O)OC(C)(CC)CC(C)(C)C(=O)OC1(C2CC3CCC2C3)C2CC3CC1CC(C)(C3)C2. The lowest BCUT2D eigenvalue weighted by Gasteiger charge is -2.66. The molecule has 0 aromatic heterocycles. The molecule has 35 heavy (non-hydrogen) atoms. The maximum atomic E-state index is 14.1. The molecule has 6 saturated carbocycles. The van der Waals surface area contributed by atoms with Crippen LogP contribution in [0.25, 0.3) is 0 Å². The van der Waals surface area contributed by atoms with Gasteiger partial charge in [-0.3, -0.25) is 4.79 Å². The van der Waals surface area contributed by atoms with Crippen molar-refractivity contribution >= 4 is 11.9 Å². The Morgan fingerprint density at radius 1 is 0.971 bits per heavy atom. The lowest BCUT2D eigenvalue weighted by atomic mass is 9.42. The lowest BCUT2D eigenvalue weighted by Crippen LogP contribution is -2.66. The molecule has 0 spiro atoms. The molecule has 6 unspecified atom stereocenters. The summed E-state index contributed by atoms with van der Waals surface area (Å²) in [6.45, 7) is 15.8. The Morgan fingerprint density at radius 2 is 1.63 bits per heavy atom. The number of esters is 2. The van der Waals surface area contributed by atoms with Crippen LogP contribution in [0.15, 0.2) is 12.2 Å². The Hall–Kier alpha value is -1.32. The molecule has 0 radical (unpaired) electrons. The van der Waals surface area contributed by atoms with E-state index in [4.69, 9.17) is 9.47 Å². The highest BCUT2D eigenvalue weighted by Gasteiger charge is 2.68. The van der Waals surface area contributed by atoms with E-state index in [0.29, 0.717) is 41.6 Å². The molecule has 6 fully saturated rings. The zero-order chi connectivity index (χ0) is 25.4. The first-order chi connectivity index (χ1) is 16.3. The van der Waals surface area contributed by atoms with Crippen molar-refractivity contribution in [2.75, 3.05) is 0 Å². The van der Waals surface area contributed by atoms with Gasteiger partial charge in [-0.15, -0.1) is 0 Å². The molecule has 4 nitrogen and oxygen atoms in total. The van der Waals surface area contributed by atoms with Gasteiger partial charge >= 0.3 is 11.9 Å². The monoisotopic (exact) mass is 484 g/mol. The Bertz CT molecular complexity index is 886. The molecule has 0 saturated heterocycles. The number of hydrogen-bond donors (Lipinski definition) is 0. The molecule has 0 aliphatic heterocycles. The fraction of sp³-hybridized carbons (Fsp3) is 0.871. The molecular weight excluding hydrogens is 436 g/mol. The molecular formula is C31H48O4. The summed E-state index contributed by atoms with van der Waals surface area (Å²) in [6.07, 6.45) is 12.7. The van der Waals surface area contributed by atoms with E-state index in [1.165, 1.54) is 57.8 Å². The van der Waals surface area contributed by atoms with Gasteiger partial charge in [0, 0.05) is 29.7 Å². The van der Waals surface area contributed by atoms with Crippen molar-refractivity contribution in [1.82, 2.24) is 0 Å². The molecule has 0 N–H and O–H groups in total. The van der Waals surface area contributed by atoms with Gasteiger partial charge in [-0.1, -0.05) is 26.8 Å². The summed E-state index contributed by atoms with van der Waals surface area (Å²) in [7, 11) is 0. The summed E-state index contributed by atoms with van der Waals surface area (Å²) in [5.74, 6) is 3.50. The molecule has 6 atom stereocenters. The first-order valence-corrected chi connectivity index (χ1v) is 14.4. The third kappa shape index (κ3) is 4.19. The maximum Gasteiger partial charge on any atom is 0.333 e. The molecule has 0 aromatic rings. The smallest absolute Gasteiger partial charge is 0.333 e. The highest BCUT2D eigenvalue weighted by atomic mass is 16.6. The van der Waals surface area contributed by atoms with Crippen LogP contribution < -0.4 is 0 Å². The Morgan fingerprint density at radius 3 is 2.11 bits per heavy atom. The van der Waals surface area contributed by atoms with Crippen LogP contribution >= 0.6 is 0 Å².